The van der Waals surface area contributed by atoms with Crippen molar-refractivity contribution in [3.8, 4) is 5.75 Å². The summed E-state index contributed by atoms with van der Waals surface area (Å²) >= 11 is 1.67. The Kier molecular flexibility index (Phi) is 5.12. The second-order valence-corrected chi connectivity index (χ2v) is 6.92. The highest BCUT2D eigenvalue weighted by atomic mass is 32.1. The van der Waals surface area contributed by atoms with Crippen LogP contribution in [0.5, 0.6) is 5.75 Å². The molecule has 1 aromatic carbocycles. The number of rotatable bonds is 4. The van der Waals surface area contributed by atoms with Crippen LogP contribution in [-0.4, -0.2) is 24.2 Å². The molecule has 122 valence electrons. The molecule has 1 atom stereocenters. The Bertz CT molecular complexity index is 671. The number of fused-ring (bicyclic) bond motifs is 1. The van der Waals surface area contributed by atoms with Gasteiger partial charge < -0.3 is 15.4 Å². The predicted molar refractivity (Wildman–Crippen MR) is 91.0 cm³/mol. The maximum absolute atomic E-state index is 12.1. The molecule has 0 fully saturated rings. The van der Waals surface area contributed by atoms with Gasteiger partial charge in [-0.25, -0.2) is 9.78 Å². The highest BCUT2D eigenvalue weighted by molar-refractivity contribution is 7.11. The maximum atomic E-state index is 12.1. The molecule has 3 rings (SSSR count). The van der Waals surface area contributed by atoms with E-state index in [4.69, 9.17) is 4.74 Å². The fraction of sp³-hybridized carbons (Fsp3) is 0.412. The van der Waals surface area contributed by atoms with Crippen molar-refractivity contribution >= 4 is 17.4 Å². The van der Waals surface area contributed by atoms with Gasteiger partial charge in [-0.3, -0.25) is 0 Å². The van der Waals surface area contributed by atoms with Crippen molar-refractivity contribution in [2.75, 3.05) is 13.2 Å². The fourth-order valence-electron chi connectivity index (χ4n) is 2.68. The van der Waals surface area contributed by atoms with Crippen LogP contribution in [0, 0.1) is 6.92 Å². The highest BCUT2D eigenvalue weighted by Gasteiger charge is 2.20. The van der Waals surface area contributed by atoms with Gasteiger partial charge in [0, 0.05) is 29.6 Å². The number of aromatic nitrogens is 1. The first-order valence-electron chi connectivity index (χ1n) is 7.90. The normalized spacial score (nSPS) is 16.8. The van der Waals surface area contributed by atoms with Crippen LogP contribution < -0.4 is 15.4 Å². The standard InChI is InChI=1S/C17H21N3O2S/c1-12-11-19-16(23-12)8-9-18-17(21)20-14-6-4-10-22-15-7-3-2-5-13(14)15/h2-3,5,7,11,14H,4,6,8-10H2,1H3,(H2,18,20,21)/t14-/m0/s1. The minimum Gasteiger partial charge on any atom is -0.493 e. The number of para-hydroxylation sites is 1. The van der Waals surface area contributed by atoms with Crippen molar-refractivity contribution in [1.82, 2.24) is 15.6 Å². The number of thiazole rings is 1. The summed E-state index contributed by atoms with van der Waals surface area (Å²) in [5.74, 6) is 0.869. The van der Waals surface area contributed by atoms with E-state index in [1.165, 1.54) is 4.88 Å². The topological polar surface area (TPSA) is 63.2 Å². The number of nitrogens with zero attached hydrogens (tertiary/aromatic N) is 1. The Morgan fingerprint density at radius 3 is 3.13 bits per heavy atom. The van der Waals surface area contributed by atoms with Crippen molar-refractivity contribution < 1.29 is 9.53 Å². The number of hydrogen-bond donors (Lipinski definition) is 2. The van der Waals surface area contributed by atoms with Gasteiger partial charge in [-0.1, -0.05) is 18.2 Å². The Morgan fingerprint density at radius 1 is 1.43 bits per heavy atom. The molecule has 1 aliphatic rings. The van der Waals surface area contributed by atoms with Crippen LogP contribution in [-0.2, 0) is 6.42 Å². The molecule has 0 saturated carbocycles. The third-order valence-corrected chi connectivity index (χ3v) is 4.76. The zero-order chi connectivity index (χ0) is 16.1. The Morgan fingerprint density at radius 2 is 2.30 bits per heavy atom. The third kappa shape index (κ3) is 4.22. The number of nitrogens with one attached hydrogen (secondary N) is 2. The number of hydrogen-bond acceptors (Lipinski definition) is 4. The average Bonchev–Trinajstić information content (AvgIpc) is 2.85. The fourth-order valence-corrected chi connectivity index (χ4v) is 3.47. The molecule has 0 bridgehead atoms. The summed E-state index contributed by atoms with van der Waals surface area (Å²) in [6.45, 7) is 3.32. The van der Waals surface area contributed by atoms with E-state index >= 15 is 0 Å². The Hall–Kier alpha value is -2.08. The van der Waals surface area contributed by atoms with E-state index < -0.39 is 0 Å². The number of carbonyl (C=O) groups excluding carboxylic acids is 1. The number of urea groups is 1. The second-order valence-electron chi connectivity index (χ2n) is 5.60. The molecule has 2 heterocycles. The van der Waals surface area contributed by atoms with E-state index in [0.29, 0.717) is 13.2 Å². The second kappa shape index (κ2) is 7.46. The minimum absolute atomic E-state index is 0.00388. The van der Waals surface area contributed by atoms with Crippen molar-refractivity contribution in [2.45, 2.75) is 32.2 Å². The average molecular weight is 331 g/mol. The van der Waals surface area contributed by atoms with Crippen molar-refractivity contribution in [3.63, 3.8) is 0 Å². The molecule has 0 spiro atoms. The maximum Gasteiger partial charge on any atom is 0.315 e. The van der Waals surface area contributed by atoms with Crippen LogP contribution in [0.1, 0.15) is 34.3 Å². The van der Waals surface area contributed by atoms with Gasteiger partial charge in [-0.05, 0) is 25.8 Å². The van der Waals surface area contributed by atoms with Gasteiger partial charge >= 0.3 is 6.03 Å². The molecule has 0 saturated heterocycles. The van der Waals surface area contributed by atoms with Crippen LogP contribution in [0.3, 0.4) is 0 Å². The lowest BCUT2D eigenvalue weighted by atomic mass is 10.0. The van der Waals surface area contributed by atoms with Gasteiger partial charge in [0.2, 0.25) is 0 Å². The molecular weight excluding hydrogens is 310 g/mol. The first kappa shape index (κ1) is 15.8. The minimum atomic E-state index is -0.139. The lowest BCUT2D eigenvalue weighted by Crippen LogP contribution is -2.38. The number of carbonyl (C=O) groups is 1. The van der Waals surface area contributed by atoms with Gasteiger partial charge in [0.15, 0.2) is 0 Å². The molecule has 2 aromatic rings. The first-order valence-corrected chi connectivity index (χ1v) is 8.71. The molecule has 1 aliphatic heterocycles. The molecular formula is C17H21N3O2S. The SMILES string of the molecule is Cc1cnc(CCNC(=O)N[C@H]2CCCOc3ccccc32)s1. The molecule has 23 heavy (non-hydrogen) atoms. The predicted octanol–water partition coefficient (Wildman–Crippen LogP) is 3.21. The summed E-state index contributed by atoms with van der Waals surface area (Å²) in [5.41, 5.74) is 1.05. The summed E-state index contributed by atoms with van der Waals surface area (Å²) in [6.07, 6.45) is 4.44. The van der Waals surface area contributed by atoms with Gasteiger partial charge in [-0.2, -0.15) is 0 Å². The van der Waals surface area contributed by atoms with E-state index in [1.807, 2.05) is 37.4 Å². The quantitative estimate of drug-likeness (QED) is 0.904. The summed E-state index contributed by atoms with van der Waals surface area (Å²) in [6, 6.07) is 7.76. The number of ether oxygens (including phenoxy) is 1. The Labute approximate surface area is 140 Å². The van der Waals surface area contributed by atoms with Gasteiger partial charge in [-0.15, -0.1) is 11.3 Å². The smallest absolute Gasteiger partial charge is 0.315 e. The molecule has 5 nitrogen and oxygen atoms in total. The summed E-state index contributed by atoms with van der Waals surface area (Å²) < 4.78 is 5.72. The van der Waals surface area contributed by atoms with Gasteiger partial charge in [0.25, 0.3) is 0 Å². The van der Waals surface area contributed by atoms with Crippen molar-refractivity contribution in [3.05, 3.63) is 45.9 Å². The van der Waals surface area contributed by atoms with E-state index in [9.17, 15) is 4.79 Å². The lowest BCUT2D eigenvalue weighted by Gasteiger charge is -2.18. The molecule has 6 heteroatoms. The third-order valence-electron chi connectivity index (χ3n) is 3.79. The first-order chi connectivity index (χ1) is 11.2. The van der Waals surface area contributed by atoms with Crippen molar-refractivity contribution in [1.29, 1.82) is 0 Å². The zero-order valence-corrected chi connectivity index (χ0v) is 14.0. The Balaban J connectivity index is 1.53. The van der Waals surface area contributed by atoms with Crippen molar-refractivity contribution in [2.24, 2.45) is 0 Å². The monoisotopic (exact) mass is 331 g/mol. The van der Waals surface area contributed by atoms with Crippen LogP contribution >= 0.6 is 11.3 Å². The van der Waals surface area contributed by atoms with E-state index in [2.05, 4.69) is 15.6 Å². The lowest BCUT2D eigenvalue weighted by molar-refractivity contribution is 0.236. The van der Waals surface area contributed by atoms with Crippen LogP contribution in [0.4, 0.5) is 4.79 Å². The summed E-state index contributed by atoms with van der Waals surface area (Å²) in [5, 5.41) is 7.03. The van der Waals surface area contributed by atoms with E-state index in [-0.39, 0.29) is 12.1 Å². The molecule has 2 N–H and O–H groups in total. The van der Waals surface area contributed by atoms with Crippen LogP contribution in [0.2, 0.25) is 0 Å². The number of aryl methyl sites for hydroxylation is 1. The molecule has 0 radical (unpaired) electrons. The van der Waals surface area contributed by atoms with E-state index in [1.54, 1.807) is 11.3 Å². The van der Waals surface area contributed by atoms with Gasteiger partial charge in [0.05, 0.1) is 17.7 Å². The van der Waals surface area contributed by atoms with Crippen LogP contribution in [0.25, 0.3) is 0 Å². The summed E-state index contributed by atoms with van der Waals surface area (Å²) in [7, 11) is 0. The highest BCUT2D eigenvalue weighted by Crippen LogP contribution is 2.30. The number of amides is 2. The van der Waals surface area contributed by atoms with Gasteiger partial charge in [0.1, 0.15) is 5.75 Å². The van der Waals surface area contributed by atoms with Crippen LogP contribution in [0.15, 0.2) is 30.5 Å². The molecule has 0 unspecified atom stereocenters. The molecule has 1 aromatic heterocycles. The number of benzene rings is 1. The largest absolute Gasteiger partial charge is 0.493 e. The van der Waals surface area contributed by atoms with E-state index in [0.717, 1.165) is 35.6 Å². The molecule has 2 amide bonds. The zero-order valence-electron chi connectivity index (χ0n) is 13.2. The summed E-state index contributed by atoms with van der Waals surface area (Å²) in [4.78, 5) is 17.6. The molecule has 0 aliphatic carbocycles.